The van der Waals surface area contributed by atoms with Gasteiger partial charge in [0.15, 0.2) is 0 Å². The minimum atomic E-state index is 0.0900. The summed E-state index contributed by atoms with van der Waals surface area (Å²) in [5.41, 5.74) is 3.89. The first-order valence-corrected chi connectivity index (χ1v) is 12.5. The van der Waals surface area contributed by atoms with Crippen LogP contribution in [0.5, 0.6) is 0 Å². The van der Waals surface area contributed by atoms with E-state index in [-0.39, 0.29) is 11.8 Å². The van der Waals surface area contributed by atoms with Gasteiger partial charge in [0.05, 0.1) is 18.8 Å². The lowest BCUT2D eigenvalue weighted by Gasteiger charge is -2.26. The minimum absolute atomic E-state index is 0.0900. The summed E-state index contributed by atoms with van der Waals surface area (Å²) < 4.78 is 7.61. The van der Waals surface area contributed by atoms with Crippen LogP contribution in [0.15, 0.2) is 54.7 Å². The fourth-order valence-corrected chi connectivity index (χ4v) is 5.09. The second-order valence-corrected chi connectivity index (χ2v) is 9.31. The number of ether oxygens (including phenoxy) is 1. The highest BCUT2D eigenvalue weighted by Crippen LogP contribution is 2.24. The van der Waals surface area contributed by atoms with Crippen molar-refractivity contribution in [2.45, 2.75) is 38.6 Å². The number of piperidine rings is 1. The molecule has 2 fully saturated rings. The van der Waals surface area contributed by atoms with Crippen molar-refractivity contribution in [3.8, 4) is 0 Å². The van der Waals surface area contributed by atoms with Crippen molar-refractivity contribution in [2.24, 2.45) is 0 Å². The first-order chi connectivity index (χ1) is 16.7. The quantitative estimate of drug-likeness (QED) is 0.550. The number of carbonyl (C=O) groups is 2. The number of para-hydroxylation sites is 1. The summed E-state index contributed by atoms with van der Waals surface area (Å²) in [6.07, 6.45) is 7.35. The standard InChI is InChI=1S/C28H33N3O3/c32-27(29-14-4-1-5-15-29)23-12-10-22(11-13-23)7-6-16-31-21-25(24-8-2-3-9-26(24)31)28(33)30-17-19-34-20-18-30/h2-3,8-13,21H,1,4-7,14-20H2. The second-order valence-electron chi connectivity index (χ2n) is 9.31. The number of rotatable bonds is 6. The average Bonchev–Trinajstić information content (AvgIpc) is 3.28. The topological polar surface area (TPSA) is 54.8 Å². The zero-order valence-electron chi connectivity index (χ0n) is 19.7. The molecule has 1 aromatic heterocycles. The fourth-order valence-electron chi connectivity index (χ4n) is 5.09. The molecule has 0 saturated carbocycles. The number of aromatic nitrogens is 1. The Bertz CT molecular complexity index is 1140. The molecule has 0 spiro atoms. The van der Waals surface area contributed by atoms with Gasteiger partial charge in [-0.05, 0) is 55.9 Å². The van der Waals surface area contributed by atoms with E-state index in [4.69, 9.17) is 4.74 Å². The highest BCUT2D eigenvalue weighted by Gasteiger charge is 2.22. The van der Waals surface area contributed by atoms with Crippen molar-refractivity contribution < 1.29 is 14.3 Å². The SMILES string of the molecule is O=C(c1ccc(CCCn2cc(C(=O)N3CCOCC3)c3ccccc32)cc1)N1CCCCC1. The Balaban J connectivity index is 1.23. The summed E-state index contributed by atoms with van der Waals surface area (Å²) >= 11 is 0. The number of carbonyl (C=O) groups excluding carboxylic acids is 2. The van der Waals surface area contributed by atoms with E-state index in [2.05, 4.69) is 22.8 Å². The van der Waals surface area contributed by atoms with Crippen molar-refractivity contribution in [1.82, 2.24) is 14.4 Å². The molecule has 6 nitrogen and oxygen atoms in total. The Labute approximate surface area is 201 Å². The van der Waals surface area contributed by atoms with Crippen LogP contribution in [-0.4, -0.2) is 65.6 Å². The zero-order chi connectivity index (χ0) is 23.3. The maximum Gasteiger partial charge on any atom is 0.256 e. The minimum Gasteiger partial charge on any atom is -0.378 e. The third-order valence-electron chi connectivity index (χ3n) is 7.03. The maximum absolute atomic E-state index is 13.1. The van der Waals surface area contributed by atoms with E-state index < -0.39 is 0 Å². The normalized spacial score (nSPS) is 16.7. The summed E-state index contributed by atoms with van der Waals surface area (Å²) in [7, 11) is 0. The summed E-state index contributed by atoms with van der Waals surface area (Å²) in [5.74, 6) is 0.245. The molecular weight excluding hydrogens is 426 g/mol. The van der Waals surface area contributed by atoms with E-state index in [1.54, 1.807) is 0 Å². The first kappa shape index (κ1) is 22.7. The number of hydrogen-bond donors (Lipinski definition) is 0. The molecular formula is C28H33N3O3. The molecule has 3 heterocycles. The van der Waals surface area contributed by atoms with Crippen LogP contribution in [0.3, 0.4) is 0 Å². The van der Waals surface area contributed by atoms with Gasteiger partial charge in [-0.25, -0.2) is 0 Å². The van der Waals surface area contributed by atoms with Crippen LogP contribution in [0.2, 0.25) is 0 Å². The van der Waals surface area contributed by atoms with Gasteiger partial charge in [0.25, 0.3) is 11.8 Å². The van der Waals surface area contributed by atoms with Crippen LogP contribution >= 0.6 is 0 Å². The van der Waals surface area contributed by atoms with Gasteiger partial charge in [-0.3, -0.25) is 9.59 Å². The number of hydrogen-bond acceptors (Lipinski definition) is 3. The zero-order valence-corrected chi connectivity index (χ0v) is 19.7. The molecule has 0 N–H and O–H groups in total. The lowest BCUT2D eigenvalue weighted by atomic mass is 10.1. The number of nitrogens with zero attached hydrogens (tertiary/aromatic N) is 3. The predicted octanol–water partition coefficient (Wildman–Crippen LogP) is 4.37. The second kappa shape index (κ2) is 10.4. The molecule has 2 amide bonds. The van der Waals surface area contributed by atoms with Crippen molar-refractivity contribution in [2.75, 3.05) is 39.4 Å². The van der Waals surface area contributed by atoms with E-state index >= 15 is 0 Å². The van der Waals surface area contributed by atoms with E-state index in [0.717, 1.165) is 67.3 Å². The van der Waals surface area contributed by atoms with Crippen LogP contribution in [0.4, 0.5) is 0 Å². The summed E-state index contributed by atoms with van der Waals surface area (Å²) in [6, 6.07) is 16.3. The number of amides is 2. The van der Waals surface area contributed by atoms with Gasteiger partial charge in [0.2, 0.25) is 0 Å². The molecule has 0 atom stereocenters. The molecule has 0 aliphatic carbocycles. The molecule has 2 saturated heterocycles. The van der Waals surface area contributed by atoms with Crippen LogP contribution in [0.1, 0.15) is 52.0 Å². The smallest absolute Gasteiger partial charge is 0.256 e. The first-order valence-electron chi connectivity index (χ1n) is 12.5. The molecule has 2 aliphatic heterocycles. The maximum atomic E-state index is 13.1. The average molecular weight is 460 g/mol. The molecule has 6 heteroatoms. The Morgan fingerprint density at radius 2 is 1.50 bits per heavy atom. The van der Waals surface area contributed by atoms with Crippen molar-refractivity contribution in [1.29, 1.82) is 0 Å². The Kier molecular flexibility index (Phi) is 6.95. The van der Waals surface area contributed by atoms with Gasteiger partial charge in [-0.1, -0.05) is 30.3 Å². The van der Waals surface area contributed by atoms with Gasteiger partial charge in [-0.2, -0.15) is 0 Å². The van der Waals surface area contributed by atoms with Crippen LogP contribution < -0.4 is 0 Å². The lowest BCUT2D eigenvalue weighted by Crippen LogP contribution is -2.40. The number of benzene rings is 2. The molecule has 178 valence electrons. The number of likely N-dealkylation sites (tertiary alicyclic amines) is 1. The molecule has 5 rings (SSSR count). The highest BCUT2D eigenvalue weighted by atomic mass is 16.5. The van der Waals surface area contributed by atoms with Crippen LogP contribution in [0.25, 0.3) is 10.9 Å². The van der Waals surface area contributed by atoms with Gasteiger partial charge in [-0.15, -0.1) is 0 Å². The molecule has 3 aromatic rings. The van der Waals surface area contributed by atoms with E-state index in [9.17, 15) is 9.59 Å². The van der Waals surface area contributed by atoms with Gasteiger partial charge < -0.3 is 19.1 Å². The lowest BCUT2D eigenvalue weighted by molar-refractivity contribution is 0.0304. The van der Waals surface area contributed by atoms with Gasteiger partial charge in [0.1, 0.15) is 0 Å². The molecule has 0 bridgehead atoms. The van der Waals surface area contributed by atoms with Crippen molar-refractivity contribution in [3.63, 3.8) is 0 Å². The number of fused-ring (bicyclic) bond motifs is 1. The third-order valence-corrected chi connectivity index (χ3v) is 7.03. The fraction of sp³-hybridized carbons (Fsp3) is 0.429. The molecule has 2 aliphatic rings. The Hall–Kier alpha value is -3.12. The van der Waals surface area contributed by atoms with E-state index in [0.29, 0.717) is 26.3 Å². The molecule has 34 heavy (non-hydrogen) atoms. The van der Waals surface area contributed by atoms with Crippen molar-refractivity contribution in [3.05, 3.63) is 71.4 Å². The molecule has 2 aromatic carbocycles. The van der Waals surface area contributed by atoms with Gasteiger partial charge >= 0.3 is 0 Å². The third kappa shape index (κ3) is 4.87. The summed E-state index contributed by atoms with van der Waals surface area (Å²) in [6.45, 7) is 5.09. The molecule has 0 unspecified atom stereocenters. The number of aryl methyl sites for hydroxylation is 2. The predicted molar refractivity (Wildman–Crippen MR) is 133 cm³/mol. The van der Waals surface area contributed by atoms with Crippen LogP contribution in [0, 0.1) is 0 Å². The Morgan fingerprint density at radius 3 is 2.26 bits per heavy atom. The van der Waals surface area contributed by atoms with Crippen molar-refractivity contribution >= 4 is 22.7 Å². The highest BCUT2D eigenvalue weighted by molar-refractivity contribution is 6.07. The largest absolute Gasteiger partial charge is 0.378 e. The van der Waals surface area contributed by atoms with E-state index in [1.165, 1.54) is 12.0 Å². The van der Waals surface area contributed by atoms with Crippen LogP contribution in [-0.2, 0) is 17.7 Å². The van der Waals surface area contributed by atoms with E-state index in [1.807, 2.05) is 46.3 Å². The van der Waals surface area contributed by atoms with Gasteiger partial charge in [0, 0.05) is 55.4 Å². The summed E-state index contributed by atoms with van der Waals surface area (Å²) in [5, 5.41) is 1.01. The molecule has 0 radical (unpaired) electrons. The monoisotopic (exact) mass is 459 g/mol. The summed E-state index contributed by atoms with van der Waals surface area (Å²) in [4.78, 5) is 29.7. The Morgan fingerprint density at radius 1 is 0.794 bits per heavy atom. The number of morpholine rings is 1.